The Bertz CT molecular complexity index is 1300. The molecule has 1 aromatic heterocycles. The van der Waals surface area contributed by atoms with Crippen molar-refractivity contribution in [2.24, 2.45) is 0 Å². The van der Waals surface area contributed by atoms with Gasteiger partial charge in [0.1, 0.15) is 0 Å². The first-order chi connectivity index (χ1) is 15.1. The molecule has 0 spiro atoms. The van der Waals surface area contributed by atoms with Crippen LogP contribution in [-0.4, -0.2) is 25.9 Å². The maximum atomic E-state index is 13.4. The second kappa shape index (κ2) is 8.06. The van der Waals surface area contributed by atoms with Gasteiger partial charge >= 0.3 is 0 Å². The molecule has 2 aromatic carbocycles. The summed E-state index contributed by atoms with van der Waals surface area (Å²) in [5, 5.41) is 0. The molecule has 0 saturated carbocycles. The molecule has 1 amide bonds. The van der Waals surface area contributed by atoms with Crippen LogP contribution >= 0.6 is 0 Å². The highest BCUT2D eigenvalue weighted by Gasteiger charge is 2.28. The van der Waals surface area contributed by atoms with Crippen LogP contribution in [0.3, 0.4) is 0 Å². The van der Waals surface area contributed by atoms with Gasteiger partial charge in [-0.1, -0.05) is 6.07 Å². The molecule has 1 aliphatic rings. The van der Waals surface area contributed by atoms with Gasteiger partial charge in [0.15, 0.2) is 0 Å². The fourth-order valence-electron chi connectivity index (χ4n) is 4.37. The van der Waals surface area contributed by atoms with E-state index in [-0.39, 0.29) is 5.91 Å². The average molecular weight is 450 g/mol. The first-order valence-electron chi connectivity index (χ1n) is 10.6. The van der Waals surface area contributed by atoms with E-state index in [1.807, 2.05) is 40.7 Å². The molecule has 166 valence electrons. The van der Waals surface area contributed by atoms with E-state index in [9.17, 15) is 13.2 Å². The molecule has 3 aromatic rings. The zero-order valence-corrected chi connectivity index (χ0v) is 19.8. The Morgan fingerprint density at radius 3 is 2.25 bits per heavy atom. The lowest BCUT2D eigenvalue weighted by molar-refractivity contribution is 0.0989. The third-order valence-electron chi connectivity index (χ3n) is 6.59. The summed E-state index contributed by atoms with van der Waals surface area (Å²) in [7, 11) is -3.81. The number of hydrogen-bond donors (Lipinski definition) is 1. The van der Waals surface area contributed by atoms with Crippen molar-refractivity contribution >= 4 is 27.3 Å². The summed E-state index contributed by atoms with van der Waals surface area (Å²) in [6.07, 6.45) is 3.89. The number of anilines is 2. The Kier molecular flexibility index (Phi) is 5.54. The number of benzene rings is 2. The minimum Gasteiger partial charge on any atom is -0.308 e. The number of nitrogens with zero attached hydrogens (tertiary/aromatic N) is 2. The molecule has 0 bridgehead atoms. The lowest BCUT2D eigenvalue weighted by atomic mass is 9.95. The third kappa shape index (κ3) is 3.66. The van der Waals surface area contributed by atoms with Crippen molar-refractivity contribution in [1.82, 2.24) is 4.98 Å². The summed E-state index contributed by atoms with van der Waals surface area (Å²) in [5.41, 5.74) is 7.27. The van der Waals surface area contributed by atoms with Crippen LogP contribution in [0.4, 0.5) is 11.4 Å². The molecule has 32 heavy (non-hydrogen) atoms. The summed E-state index contributed by atoms with van der Waals surface area (Å²) in [6.45, 7) is 10.2. The smallest absolute Gasteiger partial charge is 0.262 e. The van der Waals surface area contributed by atoms with E-state index >= 15 is 0 Å². The fraction of sp³-hybridized carbons (Fsp3) is 0.280. The first-order valence-corrected chi connectivity index (χ1v) is 12.0. The van der Waals surface area contributed by atoms with E-state index in [0.717, 1.165) is 45.5 Å². The van der Waals surface area contributed by atoms with Gasteiger partial charge < -0.3 is 4.90 Å². The maximum absolute atomic E-state index is 13.4. The molecule has 1 N–H and O–H groups in total. The van der Waals surface area contributed by atoms with E-state index in [2.05, 4.69) is 9.71 Å². The second-order valence-corrected chi connectivity index (χ2v) is 9.97. The second-order valence-electron chi connectivity index (χ2n) is 8.35. The van der Waals surface area contributed by atoms with Gasteiger partial charge in [-0.15, -0.1) is 0 Å². The topological polar surface area (TPSA) is 79.4 Å². The number of pyridine rings is 1. The number of fused-ring (bicyclic) bond motifs is 1. The molecule has 0 atom stereocenters. The number of carbonyl (C=O) groups is 1. The van der Waals surface area contributed by atoms with E-state index in [1.165, 1.54) is 0 Å². The Balaban J connectivity index is 1.70. The SMILES string of the molecule is Cc1c(C)c(C)c(S(=O)(=O)Nc2ccc3c(c2)N(C(=O)c2cccnc2)CC3)c(C)c1C. The van der Waals surface area contributed by atoms with Gasteiger partial charge in [-0.2, -0.15) is 0 Å². The predicted molar refractivity (Wildman–Crippen MR) is 127 cm³/mol. The van der Waals surface area contributed by atoms with Crippen molar-refractivity contribution in [3.8, 4) is 0 Å². The van der Waals surface area contributed by atoms with E-state index in [1.54, 1.807) is 41.6 Å². The maximum Gasteiger partial charge on any atom is 0.262 e. The van der Waals surface area contributed by atoms with Crippen LogP contribution in [0.1, 0.15) is 43.7 Å². The fourth-order valence-corrected chi connectivity index (χ4v) is 6.03. The molecule has 0 fully saturated rings. The van der Waals surface area contributed by atoms with E-state index in [0.29, 0.717) is 22.7 Å². The number of hydrogen-bond acceptors (Lipinski definition) is 4. The van der Waals surface area contributed by atoms with Crippen molar-refractivity contribution in [2.75, 3.05) is 16.2 Å². The lowest BCUT2D eigenvalue weighted by Gasteiger charge is -2.20. The van der Waals surface area contributed by atoms with Crippen LogP contribution in [0.5, 0.6) is 0 Å². The van der Waals surface area contributed by atoms with E-state index in [4.69, 9.17) is 0 Å². The summed E-state index contributed by atoms with van der Waals surface area (Å²) in [4.78, 5) is 19.0. The molecule has 1 aliphatic heterocycles. The minimum atomic E-state index is -3.81. The van der Waals surface area contributed by atoms with Crippen LogP contribution < -0.4 is 9.62 Å². The van der Waals surface area contributed by atoms with Crippen LogP contribution in [0, 0.1) is 34.6 Å². The van der Waals surface area contributed by atoms with Crippen molar-refractivity contribution in [2.45, 2.75) is 45.9 Å². The third-order valence-corrected chi connectivity index (χ3v) is 8.24. The summed E-state index contributed by atoms with van der Waals surface area (Å²) in [6, 6.07) is 8.84. The van der Waals surface area contributed by atoms with Gasteiger partial charge in [0, 0.05) is 24.6 Å². The quantitative estimate of drug-likeness (QED) is 0.630. The van der Waals surface area contributed by atoms with Crippen molar-refractivity contribution in [3.05, 3.63) is 81.7 Å². The van der Waals surface area contributed by atoms with E-state index < -0.39 is 10.0 Å². The van der Waals surface area contributed by atoms with Crippen LogP contribution in [0.25, 0.3) is 0 Å². The number of carbonyl (C=O) groups excluding carboxylic acids is 1. The molecule has 4 rings (SSSR count). The van der Waals surface area contributed by atoms with Gasteiger partial charge in [0.05, 0.1) is 16.1 Å². The number of rotatable bonds is 4. The standard InChI is InChI=1S/C25H27N3O3S/c1-15-16(2)18(4)24(19(5)17(15)3)32(30,31)27-22-9-8-20-10-12-28(23(20)13-22)25(29)21-7-6-11-26-14-21/h6-9,11,13-14,27H,10,12H2,1-5H3. The molecule has 7 heteroatoms. The number of sulfonamides is 1. The molecule has 0 aliphatic carbocycles. The molecule has 6 nitrogen and oxygen atoms in total. The van der Waals surface area contributed by atoms with Gasteiger partial charge in [-0.3, -0.25) is 14.5 Å². The molecule has 0 saturated heterocycles. The van der Waals surface area contributed by atoms with Crippen LogP contribution in [0.15, 0.2) is 47.6 Å². The molecule has 2 heterocycles. The molecule has 0 radical (unpaired) electrons. The zero-order chi connectivity index (χ0) is 23.2. The zero-order valence-electron chi connectivity index (χ0n) is 19.0. The van der Waals surface area contributed by atoms with Crippen molar-refractivity contribution < 1.29 is 13.2 Å². The van der Waals surface area contributed by atoms with Gasteiger partial charge in [-0.05, 0) is 98.7 Å². The Morgan fingerprint density at radius 2 is 1.62 bits per heavy atom. The largest absolute Gasteiger partial charge is 0.308 e. The first kappa shape index (κ1) is 22.0. The average Bonchev–Trinajstić information content (AvgIpc) is 3.19. The summed E-state index contributed by atoms with van der Waals surface area (Å²) < 4.78 is 29.5. The Labute approximate surface area is 189 Å². The highest BCUT2D eigenvalue weighted by atomic mass is 32.2. The van der Waals surface area contributed by atoms with Crippen molar-refractivity contribution in [3.63, 3.8) is 0 Å². The molecule has 0 unspecified atom stereocenters. The number of nitrogens with one attached hydrogen (secondary N) is 1. The van der Waals surface area contributed by atoms with Gasteiger partial charge in [0.2, 0.25) is 0 Å². The Morgan fingerprint density at radius 1 is 0.969 bits per heavy atom. The monoisotopic (exact) mass is 449 g/mol. The summed E-state index contributed by atoms with van der Waals surface area (Å²) >= 11 is 0. The normalized spacial score (nSPS) is 13.2. The molecular weight excluding hydrogens is 422 g/mol. The van der Waals surface area contributed by atoms with Gasteiger partial charge in [-0.25, -0.2) is 8.42 Å². The van der Waals surface area contributed by atoms with Crippen molar-refractivity contribution in [1.29, 1.82) is 0 Å². The van der Waals surface area contributed by atoms with Crippen LogP contribution in [-0.2, 0) is 16.4 Å². The lowest BCUT2D eigenvalue weighted by Crippen LogP contribution is -2.29. The minimum absolute atomic E-state index is 0.145. The highest BCUT2D eigenvalue weighted by molar-refractivity contribution is 7.92. The number of amides is 1. The Hall–Kier alpha value is -3.19. The van der Waals surface area contributed by atoms with Crippen LogP contribution in [0.2, 0.25) is 0 Å². The van der Waals surface area contributed by atoms with Gasteiger partial charge in [0.25, 0.3) is 15.9 Å². The number of aromatic nitrogens is 1. The predicted octanol–water partition coefficient (Wildman–Crippen LogP) is 4.63. The summed E-state index contributed by atoms with van der Waals surface area (Å²) in [5.74, 6) is -0.145. The molecular formula is C25H27N3O3S. The highest BCUT2D eigenvalue weighted by Crippen LogP contribution is 2.34.